The highest BCUT2D eigenvalue weighted by atomic mass is 79.9. The molecule has 0 spiro atoms. The van der Waals surface area contributed by atoms with Crippen molar-refractivity contribution in [2.45, 2.75) is 5.33 Å². The van der Waals surface area contributed by atoms with Gasteiger partial charge in [0.1, 0.15) is 5.82 Å². The Hall–Kier alpha value is -0.910. The minimum atomic E-state index is 0.260. The van der Waals surface area contributed by atoms with E-state index in [-0.39, 0.29) is 12.0 Å². The third-order valence-corrected chi connectivity index (χ3v) is 1.63. The molecule has 0 unspecified atom stereocenters. The number of hydrogen-bond donors (Lipinski definition) is 0. The summed E-state index contributed by atoms with van der Waals surface area (Å²) in [4.78, 5) is 11.7. The van der Waals surface area contributed by atoms with Gasteiger partial charge in [-0.15, -0.1) is 4.98 Å². The maximum atomic E-state index is 4.84. The summed E-state index contributed by atoms with van der Waals surface area (Å²) in [7, 11) is 2.99. The summed E-state index contributed by atoms with van der Waals surface area (Å²) in [5.41, 5.74) is 0. The maximum absolute atomic E-state index is 4.84. The molecule has 0 fully saturated rings. The number of methoxy groups -OCH3 is 2. The Bertz CT molecular complexity index is 214. The van der Waals surface area contributed by atoms with E-state index in [1.165, 1.54) is 14.2 Å². The van der Waals surface area contributed by atoms with Crippen molar-refractivity contribution < 1.29 is 9.47 Å². The molecule has 0 aliphatic carbocycles. The molecular formula is C6H8BrN3O2. The molecule has 1 aromatic rings. The lowest BCUT2D eigenvalue weighted by atomic mass is 10.7. The number of hydrogen-bond acceptors (Lipinski definition) is 5. The smallest absolute Gasteiger partial charge is 0.322 e. The van der Waals surface area contributed by atoms with E-state index in [0.29, 0.717) is 11.2 Å². The van der Waals surface area contributed by atoms with Gasteiger partial charge in [-0.05, 0) is 0 Å². The van der Waals surface area contributed by atoms with Gasteiger partial charge < -0.3 is 9.47 Å². The van der Waals surface area contributed by atoms with Crippen molar-refractivity contribution >= 4 is 15.9 Å². The average molecular weight is 234 g/mol. The van der Waals surface area contributed by atoms with Gasteiger partial charge in [-0.25, -0.2) is 0 Å². The Morgan fingerprint density at radius 3 is 1.92 bits per heavy atom. The Kier molecular flexibility index (Phi) is 3.21. The van der Waals surface area contributed by atoms with Crippen molar-refractivity contribution in [2.75, 3.05) is 14.2 Å². The van der Waals surface area contributed by atoms with Crippen molar-refractivity contribution in [3.8, 4) is 12.0 Å². The summed E-state index contributed by atoms with van der Waals surface area (Å²) in [6.45, 7) is 0. The Balaban J connectivity index is 3.01. The van der Waals surface area contributed by atoms with Crippen LogP contribution in [0.5, 0.6) is 12.0 Å². The van der Waals surface area contributed by atoms with Crippen LogP contribution >= 0.6 is 15.9 Å². The van der Waals surface area contributed by atoms with E-state index >= 15 is 0 Å². The molecule has 0 aromatic carbocycles. The van der Waals surface area contributed by atoms with E-state index in [1.54, 1.807) is 0 Å². The fourth-order valence-electron chi connectivity index (χ4n) is 0.620. The molecule has 1 heterocycles. The highest BCUT2D eigenvalue weighted by molar-refractivity contribution is 9.08. The molecule has 0 aliphatic heterocycles. The van der Waals surface area contributed by atoms with Crippen LogP contribution in [0.1, 0.15) is 5.82 Å². The third-order valence-electron chi connectivity index (χ3n) is 1.13. The van der Waals surface area contributed by atoms with E-state index in [1.807, 2.05) is 0 Å². The van der Waals surface area contributed by atoms with Crippen LogP contribution in [0.15, 0.2) is 0 Å². The van der Waals surface area contributed by atoms with Gasteiger partial charge in [-0.1, -0.05) is 15.9 Å². The average Bonchev–Trinajstić information content (AvgIpc) is 2.16. The Morgan fingerprint density at radius 2 is 1.58 bits per heavy atom. The van der Waals surface area contributed by atoms with Crippen LogP contribution in [-0.2, 0) is 5.33 Å². The van der Waals surface area contributed by atoms with Crippen LogP contribution in [0.2, 0.25) is 0 Å². The summed E-state index contributed by atoms with van der Waals surface area (Å²) >= 11 is 3.22. The van der Waals surface area contributed by atoms with E-state index in [4.69, 9.17) is 9.47 Å². The lowest BCUT2D eigenvalue weighted by Gasteiger charge is -2.01. The van der Waals surface area contributed by atoms with Gasteiger partial charge in [0.25, 0.3) is 0 Å². The molecule has 1 rings (SSSR count). The first-order chi connectivity index (χ1) is 5.80. The quantitative estimate of drug-likeness (QED) is 0.723. The van der Waals surface area contributed by atoms with Crippen LogP contribution in [0.4, 0.5) is 0 Å². The molecule has 0 N–H and O–H groups in total. The monoisotopic (exact) mass is 233 g/mol. The molecule has 0 amide bonds. The molecule has 0 bridgehead atoms. The van der Waals surface area contributed by atoms with Gasteiger partial charge in [0, 0.05) is 0 Å². The number of nitrogens with zero attached hydrogens (tertiary/aromatic N) is 3. The van der Waals surface area contributed by atoms with Crippen LogP contribution in [0, 0.1) is 0 Å². The van der Waals surface area contributed by atoms with Gasteiger partial charge in [0.2, 0.25) is 0 Å². The third kappa shape index (κ3) is 2.04. The zero-order chi connectivity index (χ0) is 8.97. The number of aromatic nitrogens is 3. The second-order valence-corrected chi connectivity index (χ2v) is 2.42. The number of rotatable bonds is 3. The van der Waals surface area contributed by atoms with E-state index in [0.717, 1.165) is 0 Å². The highest BCUT2D eigenvalue weighted by Crippen LogP contribution is 2.10. The number of alkyl halides is 1. The minimum absolute atomic E-state index is 0.260. The van der Waals surface area contributed by atoms with Crippen LogP contribution in [0.25, 0.3) is 0 Å². The predicted molar refractivity (Wildman–Crippen MR) is 45.6 cm³/mol. The minimum Gasteiger partial charge on any atom is -0.467 e. The molecule has 1 aromatic heterocycles. The van der Waals surface area contributed by atoms with Gasteiger partial charge in [-0.3, -0.25) is 0 Å². The maximum Gasteiger partial charge on any atom is 0.322 e. The van der Waals surface area contributed by atoms with E-state index < -0.39 is 0 Å². The predicted octanol–water partition coefficient (Wildman–Crippen LogP) is 0.784. The summed E-state index contributed by atoms with van der Waals surface area (Å²) in [5.74, 6) is 0.582. The second-order valence-electron chi connectivity index (χ2n) is 1.86. The molecule has 0 aliphatic rings. The summed E-state index contributed by atoms with van der Waals surface area (Å²) in [5, 5.41) is 0.544. The zero-order valence-corrected chi connectivity index (χ0v) is 8.33. The standard InChI is InChI=1S/C6H8BrN3O2/c1-11-5-8-4(3-7)9-6(10-5)12-2/h3H2,1-2H3. The topological polar surface area (TPSA) is 57.1 Å². The Labute approximate surface area is 78.3 Å². The van der Waals surface area contributed by atoms with Gasteiger partial charge in [-0.2, -0.15) is 9.97 Å². The highest BCUT2D eigenvalue weighted by Gasteiger charge is 2.04. The fraction of sp³-hybridized carbons (Fsp3) is 0.500. The van der Waals surface area contributed by atoms with E-state index in [2.05, 4.69) is 30.9 Å². The van der Waals surface area contributed by atoms with Gasteiger partial charge in [0.15, 0.2) is 0 Å². The van der Waals surface area contributed by atoms with Gasteiger partial charge in [0.05, 0.1) is 19.5 Å². The SMILES string of the molecule is COc1nc(CBr)nc(OC)n1. The molecule has 0 atom stereocenters. The normalized spacial score (nSPS) is 9.58. The molecule has 12 heavy (non-hydrogen) atoms. The number of ether oxygens (including phenoxy) is 2. The first kappa shape index (κ1) is 9.18. The lowest BCUT2D eigenvalue weighted by molar-refractivity contribution is 0.337. The molecule has 6 heteroatoms. The van der Waals surface area contributed by atoms with Crippen LogP contribution in [0.3, 0.4) is 0 Å². The largest absolute Gasteiger partial charge is 0.467 e. The molecule has 5 nitrogen and oxygen atoms in total. The van der Waals surface area contributed by atoms with Crippen molar-refractivity contribution in [1.82, 2.24) is 15.0 Å². The fourth-order valence-corrected chi connectivity index (χ4v) is 0.871. The van der Waals surface area contributed by atoms with Crippen LogP contribution in [-0.4, -0.2) is 29.2 Å². The summed E-state index contributed by atoms with van der Waals surface area (Å²) < 4.78 is 9.67. The molecular weight excluding hydrogens is 226 g/mol. The van der Waals surface area contributed by atoms with E-state index in [9.17, 15) is 0 Å². The van der Waals surface area contributed by atoms with Crippen molar-refractivity contribution in [2.24, 2.45) is 0 Å². The van der Waals surface area contributed by atoms with Crippen LogP contribution < -0.4 is 9.47 Å². The van der Waals surface area contributed by atoms with Crippen molar-refractivity contribution in [1.29, 1.82) is 0 Å². The first-order valence-electron chi connectivity index (χ1n) is 3.19. The van der Waals surface area contributed by atoms with Gasteiger partial charge >= 0.3 is 12.0 Å². The molecule has 66 valence electrons. The van der Waals surface area contributed by atoms with Crippen molar-refractivity contribution in [3.05, 3.63) is 5.82 Å². The lowest BCUT2D eigenvalue weighted by Crippen LogP contribution is -2.01. The zero-order valence-electron chi connectivity index (χ0n) is 6.74. The summed E-state index contributed by atoms with van der Waals surface area (Å²) in [6.07, 6.45) is 0. The summed E-state index contributed by atoms with van der Waals surface area (Å²) in [6, 6.07) is 0.521. The first-order valence-corrected chi connectivity index (χ1v) is 4.31. The Morgan fingerprint density at radius 1 is 1.08 bits per heavy atom. The molecule has 0 saturated carbocycles. The second kappa shape index (κ2) is 4.20. The molecule has 0 radical (unpaired) electrons. The van der Waals surface area contributed by atoms with Crippen molar-refractivity contribution in [3.63, 3.8) is 0 Å². The number of halogens is 1. The molecule has 0 saturated heterocycles.